The van der Waals surface area contributed by atoms with Crippen LogP contribution in [0.1, 0.15) is 75.9 Å². The summed E-state index contributed by atoms with van der Waals surface area (Å²) in [5.41, 5.74) is 7.67. The van der Waals surface area contributed by atoms with Crippen LogP contribution in [-0.2, 0) is 22.7 Å². The zero-order valence-electron chi connectivity index (χ0n) is 29.0. The van der Waals surface area contributed by atoms with Gasteiger partial charge in [0.1, 0.15) is 18.1 Å². The fourth-order valence-corrected chi connectivity index (χ4v) is 7.40. The zero-order chi connectivity index (χ0) is 36.2. The molecule has 3 aromatic heterocycles. The lowest BCUT2D eigenvalue weighted by molar-refractivity contribution is -0.136. The number of amides is 4. The number of nitrogens with one attached hydrogen (secondary N) is 4. The van der Waals surface area contributed by atoms with Crippen molar-refractivity contribution in [3.05, 3.63) is 76.9 Å². The number of ether oxygens (including phenoxy) is 1. The Morgan fingerprint density at radius 1 is 1.00 bits per heavy atom. The molecule has 2 fully saturated rings. The lowest BCUT2D eigenvalue weighted by Gasteiger charge is -2.27. The summed E-state index contributed by atoms with van der Waals surface area (Å²) in [7, 11) is 0. The van der Waals surface area contributed by atoms with Gasteiger partial charge in [-0.25, -0.2) is 4.98 Å². The second-order valence-electron chi connectivity index (χ2n) is 14.0. The quantitative estimate of drug-likeness (QED) is 0.115. The summed E-state index contributed by atoms with van der Waals surface area (Å²) in [6, 6.07) is 8.74. The van der Waals surface area contributed by atoms with E-state index in [0.717, 1.165) is 77.3 Å². The van der Waals surface area contributed by atoms with Crippen molar-refractivity contribution in [3.63, 3.8) is 0 Å². The van der Waals surface area contributed by atoms with Gasteiger partial charge in [0.05, 0.1) is 23.4 Å². The van der Waals surface area contributed by atoms with Gasteiger partial charge in [-0.15, -0.1) is 5.10 Å². The summed E-state index contributed by atoms with van der Waals surface area (Å²) in [5, 5.41) is 20.6. The molecule has 53 heavy (non-hydrogen) atoms. The normalized spacial score (nSPS) is 18.7. The number of nitrogens with zero attached hydrogens (tertiary/aromatic N) is 7. The van der Waals surface area contributed by atoms with Crippen LogP contribution in [-0.4, -0.2) is 88.4 Å². The number of H-pyrrole nitrogens is 1. The van der Waals surface area contributed by atoms with Gasteiger partial charge in [0.25, 0.3) is 11.8 Å². The lowest BCUT2D eigenvalue weighted by atomic mass is 9.96. The molecule has 16 nitrogen and oxygen atoms in total. The van der Waals surface area contributed by atoms with Crippen molar-refractivity contribution in [1.29, 1.82) is 0 Å². The second-order valence-corrected chi connectivity index (χ2v) is 14.0. The molecule has 4 amide bonds. The average molecular weight is 716 g/mol. The molecule has 0 bridgehead atoms. The van der Waals surface area contributed by atoms with E-state index in [1.54, 1.807) is 35.4 Å². The number of hydrogen-bond donors (Lipinski definition) is 4. The minimum absolute atomic E-state index is 0.0962. The lowest BCUT2D eigenvalue weighted by Crippen LogP contribution is -2.54. The van der Waals surface area contributed by atoms with Crippen LogP contribution >= 0.6 is 0 Å². The van der Waals surface area contributed by atoms with Crippen LogP contribution in [0.4, 0.5) is 17.3 Å². The molecule has 16 heteroatoms. The molecule has 2 aromatic carbocycles. The van der Waals surface area contributed by atoms with E-state index in [4.69, 9.17) is 9.72 Å². The molecule has 4 N–H and O–H groups in total. The number of benzene rings is 2. The molecule has 9 rings (SSSR count). The van der Waals surface area contributed by atoms with Crippen molar-refractivity contribution in [2.45, 2.75) is 70.7 Å². The van der Waals surface area contributed by atoms with Crippen LogP contribution in [0.2, 0.25) is 0 Å². The summed E-state index contributed by atoms with van der Waals surface area (Å²) < 4.78 is 7.99. The molecule has 0 radical (unpaired) electrons. The number of piperidine rings is 1. The number of aromatic amines is 1. The molecule has 3 aliphatic heterocycles. The minimum Gasteiger partial charge on any atom is -0.484 e. The first-order valence-electron chi connectivity index (χ1n) is 17.9. The number of carbonyl (C=O) groups is 4. The van der Waals surface area contributed by atoms with Crippen LogP contribution < -0.4 is 20.7 Å². The summed E-state index contributed by atoms with van der Waals surface area (Å²) in [5.74, 6) is -0.906. The predicted octanol–water partition coefficient (Wildman–Crippen LogP) is 3.72. The van der Waals surface area contributed by atoms with Gasteiger partial charge in [0.2, 0.25) is 23.4 Å². The minimum atomic E-state index is -0.963. The van der Waals surface area contributed by atoms with E-state index in [2.05, 4.69) is 47.2 Å². The topological polar surface area (TPSA) is 192 Å². The maximum absolute atomic E-state index is 13.2. The van der Waals surface area contributed by atoms with Crippen molar-refractivity contribution in [3.8, 4) is 17.0 Å². The van der Waals surface area contributed by atoms with E-state index < -0.39 is 23.8 Å². The first kappa shape index (κ1) is 32.7. The Hall–Kier alpha value is -6.16. The number of aryl methyl sites for hydroxylation is 1. The van der Waals surface area contributed by atoms with Gasteiger partial charge in [-0.1, -0.05) is 0 Å². The fourth-order valence-electron chi connectivity index (χ4n) is 7.40. The molecular weight excluding hydrogens is 678 g/mol. The molecule has 6 heterocycles. The van der Waals surface area contributed by atoms with Crippen molar-refractivity contribution in [1.82, 2.24) is 44.9 Å². The highest BCUT2D eigenvalue weighted by Crippen LogP contribution is 2.36. The number of hydrogen-bond acceptors (Lipinski definition) is 12. The van der Waals surface area contributed by atoms with E-state index in [1.165, 1.54) is 0 Å². The molecule has 5 aromatic rings. The number of fused-ring (bicyclic) bond motifs is 3. The van der Waals surface area contributed by atoms with Crippen molar-refractivity contribution in [2.24, 2.45) is 0 Å². The maximum atomic E-state index is 13.2. The van der Waals surface area contributed by atoms with E-state index in [-0.39, 0.29) is 24.9 Å². The van der Waals surface area contributed by atoms with E-state index in [0.29, 0.717) is 47.3 Å². The van der Waals surface area contributed by atoms with Crippen LogP contribution in [0, 0.1) is 6.92 Å². The highest BCUT2D eigenvalue weighted by Gasteiger charge is 2.45. The predicted molar refractivity (Wildman–Crippen MR) is 191 cm³/mol. The van der Waals surface area contributed by atoms with Gasteiger partial charge in [0, 0.05) is 55.7 Å². The molecule has 0 spiro atoms. The summed E-state index contributed by atoms with van der Waals surface area (Å²) >= 11 is 0. The molecule has 1 saturated heterocycles. The summed E-state index contributed by atoms with van der Waals surface area (Å²) in [4.78, 5) is 63.2. The van der Waals surface area contributed by atoms with Gasteiger partial charge < -0.3 is 15.4 Å². The summed E-state index contributed by atoms with van der Waals surface area (Å²) in [6.45, 7) is 4.98. The largest absolute Gasteiger partial charge is 0.484 e. The molecule has 1 saturated carbocycles. The van der Waals surface area contributed by atoms with Crippen LogP contribution in [0.3, 0.4) is 0 Å². The molecular formula is C37H37N11O5. The van der Waals surface area contributed by atoms with Crippen molar-refractivity contribution >= 4 is 46.6 Å². The average Bonchev–Trinajstić information content (AvgIpc) is 3.92. The van der Waals surface area contributed by atoms with Crippen molar-refractivity contribution < 1.29 is 23.9 Å². The third-order valence-corrected chi connectivity index (χ3v) is 10.5. The highest BCUT2D eigenvalue weighted by atomic mass is 16.5. The number of aromatic nitrogens is 6. The van der Waals surface area contributed by atoms with Gasteiger partial charge in [-0.2, -0.15) is 14.6 Å². The first-order valence-corrected chi connectivity index (χ1v) is 17.9. The van der Waals surface area contributed by atoms with Crippen molar-refractivity contribution in [2.75, 3.05) is 23.7 Å². The molecule has 1 aliphatic carbocycles. The van der Waals surface area contributed by atoms with Crippen LogP contribution in [0.15, 0.2) is 49.1 Å². The third-order valence-electron chi connectivity index (χ3n) is 10.5. The molecule has 1 unspecified atom stereocenters. The zero-order valence-corrected chi connectivity index (χ0v) is 29.0. The van der Waals surface area contributed by atoms with E-state index in [1.807, 2.05) is 19.1 Å². The van der Waals surface area contributed by atoms with Gasteiger partial charge >= 0.3 is 0 Å². The standard InChI is InChI=1S/C37H37N11O5/c1-20-12-24(6-7-28(20)42-37-44-33-32(53-25-4-2-5-25)31(23-15-40-41-16-23)39-19-47(33)45-37)38-10-3-11-46-17-21-13-26-27(14-22(21)18-46)36(52)48(35(26)51)29-8-9-30(49)43-34(29)50/h6-7,12-16,19,25,29,38H,2-5,8-11,17-18H2,1H3,(H,40,41)(H,42,45)(H,43,49,50). The molecule has 270 valence electrons. The second kappa shape index (κ2) is 13.1. The number of imide groups is 2. The van der Waals surface area contributed by atoms with Gasteiger partial charge in [0.15, 0.2) is 5.75 Å². The Balaban J connectivity index is 0.797. The molecule has 1 atom stereocenters. The Morgan fingerprint density at radius 3 is 2.47 bits per heavy atom. The third kappa shape index (κ3) is 6.03. The number of carbonyl (C=O) groups excluding carboxylic acids is 4. The Labute approximate surface area is 303 Å². The fraction of sp³-hybridized carbons (Fsp3) is 0.351. The highest BCUT2D eigenvalue weighted by molar-refractivity contribution is 6.23. The smallest absolute Gasteiger partial charge is 0.262 e. The summed E-state index contributed by atoms with van der Waals surface area (Å²) in [6.07, 6.45) is 9.55. The Bertz CT molecular complexity index is 2250. The maximum Gasteiger partial charge on any atom is 0.262 e. The van der Waals surface area contributed by atoms with Crippen LogP contribution in [0.25, 0.3) is 16.9 Å². The Morgan fingerprint density at radius 2 is 1.79 bits per heavy atom. The number of rotatable bonds is 11. The van der Waals surface area contributed by atoms with Gasteiger partial charge in [-0.05, 0) is 86.1 Å². The SMILES string of the molecule is Cc1cc(NCCCN2Cc3cc4c(cc3C2)C(=O)N(C2CCC(=O)NC2=O)C4=O)ccc1Nc1nc2c(OC3CCC3)c(-c3cn[nH]c3)ncn2n1. The van der Waals surface area contributed by atoms with E-state index in [9.17, 15) is 19.2 Å². The van der Waals surface area contributed by atoms with E-state index >= 15 is 0 Å². The van der Waals surface area contributed by atoms with Crippen LogP contribution in [0.5, 0.6) is 5.75 Å². The monoisotopic (exact) mass is 715 g/mol. The Kier molecular flexibility index (Phi) is 8.10. The van der Waals surface area contributed by atoms with Gasteiger partial charge in [-0.3, -0.25) is 39.4 Å². The number of anilines is 3. The first-order chi connectivity index (χ1) is 25.8. The molecule has 4 aliphatic rings.